The SMILES string of the molecule is CCn1c(=NC(=O)c2ccc(C#N)cc2)sc2cc(Cl)cc(C)c21. The Morgan fingerprint density at radius 2 is 2.04 bits per heavy atom. The molecule has 0 radical (unpaired) electrons. The van der Waals surface area contributed by atoms with E-state index in [1.807, 2.05) is 36.6 Å². The molecule has 1 heterocycles. The van der Waals surface area contributed by atoms with Gasteiger partial charge in [0, 0.05) is 17.1 Å². The summed E-state index contributed by atoms with van der Waals surface area (Å²) >= 11 is 7.58. The van der Waals surface area contributed by atoms with Gasteiger partial charge in [0.15, 0.2) is 4.80 Å². The summed E-state index contributed by atoms with van der Waals surface area (Å²) in [5.74, 6) is -0.322. The minimum absolute atomic E-state index is 0.322. The number of thiazole rings is 1. The van der Waals surface area contributed by atoms with Crippen LogP contribution in [0.15, 0.2) is 41.4 Å². The number of aromatic nitrogens is 1. The molecule has 6 heteroatoms. The van der Waals surface area contributed by atoms with Gasteiger partial charge in [0.1, 0.15) is 0 Å². The quantitative estimate of drug-likeness (QED) is 0.688. The molecule has 0 fully saturated rings. The highest BCUT2D eigenvalue weighted by molar-refractivity contribution is 7.16. The number of hydrogen-bond donors (Lipinski definition) is 0. The molecule has 1 amide bonds. The molecule has 0 spiro atoms. The fourth-order valence-electron chi connectivity index (χ4n) is 2.59. The van der Waals surface area contributed by atoms with Gasteiger partial charge in [-0.15, -0.1) is 0 Å². The van der Waals surface area contributed by atoms with E-state index in [0.29, 0.717) is 27.5 Å². The van der Waals surface area contributed by atoms with E-state index in [0.717, 1.165) is 15.8 Å². The maximum absolute atomic E-state index is 12.4. The molecule has 3 rings (SSSR count). The molecule has 0 aliphatic carbocycles. The van der Waals surface area contributed by atoms with Gasteiger partial charge in [-0.3, -0.25) is 4.79 Å². The van der Waals surface area contributed by atoms with Gasteiger partial charge in [0.05, 0.1) is 21.8 Å². The number of hydrogen-bond acceptors (Lipinski definition) is 3. The molecule has 0 saturated heterocycles. The molecule has 0 atom stereocenters. The van der Waals surface area contributed by atoms with Crippen LogP contribution in [0.1, 0.15) is 28.4 Å². The summed E-state index contributed by atoms with van der Waals surface area (Å²) < 4.78 is 3.03. The summed E-state index contributed by atoms with van der Waals surface area (Å²) in [5.41, 5.74) is 3.09. The summed E-state index contributed by atoms with van der Waals surface area (Å²) in [6.45, 7) is 4.73. The maximum Gasteiger partial charge on any atom is 0.279 e. The molecule has 3 aromatic rings. The highest BCUT2D eigenvalue weighted by atomic mass is 35.5. The van der Waals surface area contributed by atoms with E-state index in [9.17, 15) is 4.79 Å². The Hall–Kier alpha value is -2.42. The van der Waals surface area contributed by atoms with Gasteiger partial charge in [0.2, 0.25) is 0 Å². The Kier molecular flexibility index (Phi) is 4.52. The molecular weight excluding hydrogens is 342 g/mol. The van der Waals surface area contributed by atoms with Crippen molar-refractivity contribution in [2.24, 2.45) is 4.99 Å². The molecule has 2 aromatic carbocycles. The molecule has 24 heavy (non-hydrogen) atoms. The van der Waals surface area contributed by atoms with E-state index in [-0.39, 0.29) is 5.91 Å². The second-order valence-electron chi connectivity index (χ2n) is 5.30. The monoisotopic (exact) mass is 355 g/mol. The number of rotatable bonds is 2. The molecule has 1 aromatic heterocycles. The molecular formula is C18H14ClN3OS. The molecule has 0 unspecified atom stereocenters. The summed E-state index contributed by atoms with van der Waals surface area (Å²) in [7, 11) is 0. The average Bonchev–Trinajstić information content (AvgIpc) is 2.92. The minimum atomic E-state index is -0.322. The largest absolute Gasteiger partial charge is 0.316 e. The fourth-order valence-corrected chi connectivity index (χ4v) is 4.14. The van der Waals surface area contributed by atoms with Crippen LogP contribution in [0.25, 0.3) is 10.2 Å². The normalized spacial score (nSPS) is 11.7. The molecule has 0 aliphatic heterocycles. The molecule has 0 aliphatic rings. The third-order valence-corrected chi connectivity index (χ3v) is 4.95. The van der Waals surface area contributed by atoms with Crippen LogP contribution in [-0.2, 0) is 6.54 Å². The number of carbonyl (C=O) groups excluding carboxylic acids is 1. The number of fused-ring (bicyclic) bond motifs is 1. The van der Waals surface area contributed by atoms with E-state index in [2.05, 4.69) is 4.99 Å². The first kappa shape index (κ1) is 16.4. The van der Waals surface area contributed by atoms with Gasteiger partial charge in [-0.05, 0) is 55.8 Å². The standard InChI is InChI=1S/C18H14ClN3OS/c1-3-22-16-11(2)8-14(19)9-15(16)24-18(22)21-17(23)13-6-4-12(10-20)5-7-13/h4-9H,3H2,1-2H3. The third kappa shape index (κ3) is 2.99. The molecule has 0 bridgehead atoms. The number of nitriles is 1. The Morgan fingerprint density at radius 3 is 2.67 bits per heavy atom. The van der Waals surface area contributed by atoms with Gasteiger partial charge in [-0.1, -0.05) is 22.9 Å². The molecule has 4 nitrogen and oxygen atoms in total. The second kappa shape index (κ2) is 6.60. The zero-order chi connectivity index (χ0) is 17.3. The van der Waals surface area contributed by atoms with E-state index in [4.69, 9.17) is 16.9 Å². The number of carbonyl (C=O) groups is 1. The molecule has 0 saturated carbocycles. The van der Waals surface area contributed by atoms with Crippen LogP contribution >= 0.6 is 22.9 Å². The molecule has 120 valence electrons. The first-order chi connectivity index (χ1) is 11.5. The first-order valence-corrected chi connectivity index (χ1v) is 8.61. The van der Waals surface area contributed by atoms with Crippen LogP contribution in [0.4, 0.5) is 0 Å². The Morgan fingerprint density at radius 1 is 1.33 bits per heavy atom. The summed E-state index contributed by atoms with van der Waals surface area (Å²) in [5, 5.41) is 9.50. The first-order valence-electron chi connectivity index (χ1n) is 7.42. The third-order valence-electron chi connectivity index (χ3n) is 3.71. The van der Waals surface area contributed by atoms with E-state index >= 15 is 0 Å². The predicted octanol–water partition coefficient (Wildman–Crippen LogP) is 4.30. The van der Waals surface area contributed by atoms with Crippen LogP contribution in [-0.4, -0.2) is 10.5 Å². The smallest absolute Gasteiger partial charge is 0.279 e. The number of aryl methyl sites for hydroxylation is 2. The lowest BCUT2D eigenvalue weighted by Crippen LogP contribution is -2.16. The van der Waals surface area contributed by atoms with E-state index < -0.39 is 0 Å². The number of benzene rings is 2. The van der Waals surface area contributed by atoms with Gasteiger partial charge >= 0.3 is 0 Å². The second-order valence-corrected chi connectivity index (χ2v) is 6.75. The van der Waals surface area contributed by atoms with Crippen LogP contribution in [0.3, 0.4) is 0 Å². The maximum atomic E-state index is 12.4. The van der Waals surface area contributed by atoms with Gasteiger partial charge in [0.25, 0.3) is 5.91 Å². The number of nitrogens with zero attached hydrogens (tertiary/aromatic N) is 3. The summed E-state index contributed by atoms with van der Waals surface area (Å²) in [6.07, 6.45) is 0. The number of halogens is 1. The van der Waals surface area contributed by atoms with Crippen molar-refractivity contribution in [1.29, 1.82) is 5.26 Å². The zero-order valence-corrected chi connectivity index (χ0v) is 14.8. The van der Waals surface area contributed by atoms with Crippen molar-refractivity contribution in [3.05, 3.63) is 62.9 Å². The average molecular weight is 356 g/mol. The van der Waals surface area contributed by atoms with Crippen molar-refractivity contribution in [3.8, 4) is 6.07 Å². The Bertz CT molecular complexity index is 1040. The minimum Gasteiger partial charge on any atom is -0.316 e. The van der Waals surface area contributed by atoms with Crippen LogP contribution in [0.5, 0.6) is 0 Å². The van der Waals surface area contributed by atoms with Crippen molar-refractivity contribution in [1.82, 2.24) is 4.57 Å². The van der Waals surface area contributed by atoms with Crippen molar-refractivity contribution in [2.75, 3.05) is 0 Å². The lowest BCUT2D eigenvalue weighted by molar-refractivity contribution is 0.0998. The fraction of sp³-hybridized carbons (Fsp3) is 0.167. The Balaban J connectivity index is 2.14. The predicted molar refractivity (Wildman–Crippen MR) is 96.3 cm³/mol. The van der Waals surface area contributed by atoms with Crippen molar-refractivity contribution < 1.29 is 4.79 Å². The number of amides is 1. The van der Waals surface area contributed by atoms with Gasteiger partial charge < -0.3 is 4.57 Å². The Labute approximate surface area is 148 Å². The summed E-state index contributed by atoms with van der Waals surface area (Å²) in [4.78, 5) is 17.4. The van der Waals surface area contributed by atoms with E-state index in [1.54, 1.807) is 24.3 Å². The van der Waals surface area contributed by atoms with Crippen molar-refractivity contribution in [2.45, 2.75) is 20.4 Å². The van der Waals surface area contributed by atoms with Crippen LogP contribution in [0.2, 0.25) is 5.02 Å². The van der Waals surface area contributed by atoms with Crippen molar-refractivity contribution >= 4 is 39.1 Å². The van der Waals surface area contributed by atoms with Gasteiger partial charge in [-0.25, -0.2) is 0 Å². The lowest BCUT2D eigenvalue weighted by atomic mass is 10.1. The van der Waals surface area contributed by atoms with Gasteiger partial charge in [-0.2, -0.15) is 10.3 Å². The van der Waals surface area contributed by atoms with Crippen LogP contribution < -0.4 is 4.80 Å². The zero-order valence-electron chi connectivity index (χ0n) is 13.2. The lowest BCUT2D eigenvalue weighted by Gasteiger charge is -2.04. The molecule has 0 N–H and O–H groups in total. The van der Waals surface area contributed by atoms with Crippen LogP contribution in [0, 0.1) is 18.3 Å². The van der Waals surface area contributed by atoms with E-state index in [1.165, 1.54) is 11.3 Å². The summed E-state index contributed by atoms with van der Waals surface area (Å²) in [6, 6.07) is 12.3. The van der Waals surface area contributed by atoms with Crippen molar-refractivity contribution in [3.63, 3.8) is 0 Å². The highest BCUT2D eigenvalue weighted by Crippen LogP contribution is 2.25. The highest BCUT2D eigenvalue weighted by Gasteiger charge is 2.11. The topological polar surface area (TPSA) is 58.1 Å².